The van der Waals surface area contributed by atoms with E-state index in [0.29, 0.717) is 24.8 Å². The van der Waals surface area contributed by atoms with Crippen molar-refractivity contribution in [1.29, 1.82) is 0 Å². The third-order valence-corrected chi connectivity index (χ3v) is 4.81. The van der Waals surface area contributed by atoms with Gasteiger partial charge in [0.15, 0.2) is 0 Å². The van der Waals surface area contributed by atoms with E-state index in [1.807, 2.05) is 31.0 Å². The van der Waals surface area contributed by atoms with Gasteiger partial charge in [-0.25, -0.2) is 4.98 Å². The number of hydrogen-bond acceptors (Lipinski definition) is 5. The van der Waals surface area contributed by atoms with Gasteiger partial charge < -0.3 is 14.6 Å². The van der Waals surface area contributed by atoms with Gasteiger partial charge in [0.05, 0.1) is 24.5 Å². The number of amides is 1. The standard InChI is InChI=1S/C16H21N5O2/c1-20-15(22)7-11(16(20)12-5-6-19-21(12)2)17-9-14-18-8-13(23-14)10-3-4-10/h5-6,8,10-11,16-17H,3-4,7,9H2,1-2H3/t11-,16-/m1/s1. The fraction of sp³-hybridized carbons (Fsp3) is 0.562. The number of oxazole rings is 1. The Labute approximate surface area is 134 Å². The Bertz CT molecular complexity index is 718. The van der Waals surface area contributed by atoms with Crippen molar-refractivity contribution in [3.05, 3.63) is 35.8 Å². The molecule has 1 aliphatic heterocycles. The lowest BCUT2D eigenvalue weighted by Gasteiger charge is -2.25. The zero-order valence-electron chi connectivity index (χ0n) is 13.4. The van der Waals surface area contributed by atoms with Gasteiger partial charge in [0.25, 0.3) is 0 Å². The van der Waals surface area contributed by atoms with Crippen LogP contribution in [0.4, 0.5) is 0 Å². The average Bonchev–Trinajstić information content (AvgIpc) is 3.02. The molecule has 2 aromatic rings. The van der Waals surface area contributed by atoms with Crippen LogP contribution in [0.3, 0.4) is 0 Å². The van der Waals surface area contributed by atoms with Crippen LogP contribution in [0.2, 0.25) is 0 Å². The Balaban J connectivity index is 1.47. The third kappa shape index (κ3) is 2.65. The monoisotopic (exact) mass is 315 g/mol. The van der Waals surface area contributed by atoms with Crippen molar-refractivity contribution in [2.75, 3.05) is 7.05 Å². The Morgan fingerprint density at radius 2 is 2.22 bits per heavy atom. The van der Waals surface area contributed by atoms with E-state index in [1.165, 1.54) is 12.8 Å². The number of rotatable bonds is 5. The van der Waals surface area contributed by atoms with Crippen molar-refractivity contribution in [3.63, 3.8) is 0 Å². The zero-order valence-corrected chi connectivity index (χ0v) is 13.4. The highest BCUT2D eigenvalue weighted by molar-refractivity contribution is 5.80. The first kappa shape index (κ1) is 14.4. The van der Waals surface area contributed by atoms with Crippen molar-refractivity contribution >= 4 is 5.91 Å². The maximum atomic E-state index is 12.1. The second-order valence-corrected chi connectivity index (χ2v) is 6.45. The van der Waals surface area contributed by atoms with Crippen LogP contribution in [0.15, 0.2) is 22.9 Å². The molecule has 0 aromatic carbocycles. The molecular weight excluding hydrogens is 294 g/mol. The van der Waals surface area contributed by atoms with Gasteiger partial charge in [-0.1, -0.05) is 0 Å². The van der Waals surface area contributed by atoms with E-state index in [1.54, 1.807) is 11.1 Å². The van der Waals surface area contributed by atoms with E-state index < -0.39 is 0 Å². The summed E-state index contributed by atoms with van der Waals surface area (Å²) >= 11 is 0. The lowest BCUT2D eigenvalue weighted by Crippen LogP contribution is -2.36. The van der Waals surface area contributed by atoms with Gasteiger partial charge in [-0.2, -0.15) is 5.10 Å². The summed E-state index contributed by atoms with van der Waals surface area (Å²) in [6, 6.07) is 1.97. The molecule has 1 saturated carbocycles. The number of likely N-dealkylation sites (tertiary alicyclic amines) is 1. The molecule has 122 valence electrons. The predicted molar refractivity (Wildman–Crippen MR) is 82.4 cm³/mol. The van der Waals surface area contributed by atoms with Gasteiger partial charge in [-0.3, -0.25) is 9.48 Å². The molecule has 0 bridgehead atoms. The fourth-order valence-corrected chi connectivity index (χ4v) is 3.31. The normalized spacial score (nSPS) is 24.6. The van der Waals surface area contributed by atoms with Crippen molar-refractivity contribution < 1.29 is 9.21 Å². The number of nitrogens with zero attached hydrogens (tertiary/aromatic N) is 4. The van der Waals surface area contributed by atoms with Crippen LogP contribution in [-0.2, 0) is 18.4 Å². The Morgan fingerprint density at radius 3 is 2.91 bits per heavy atom. The van der Waals surface area contributed by atoms with Gasteiger partial charge in [0.2, 0.25) is 11.8 Å². The SMILES string of the molecule is CN1C(=O)C[C@@H](NCc2ncc(C3CC3)o2)[C@@H]1c1ccnn1C. The highest BCUT2D eigenvalue weighted by Crippen LogP contribution is 2.40. The lowest BCUT2D eigenvalue weighted by atomic mass is 10.1. The number of hydrogen-bond donors (Lipinski definition) is 1. The van der Waals surface area contributed by atoms with E-state index in [4.69, 9.17) is 4.42 Å². The molecule has 2 aliphatic rings. The van der Waals surface area contributed by atoms with E-state index in [0.717, 1.165) is 11.5 Å². The molecule has 23 heavy (non-hydrogen) atoms. The molecule has 7 nitrogen and oxygen atoms in total. The number of aryl methyl sites for hydroxylation is 1. The molecular formula is C16H21N5O2. The Morgan fingerprint density at radius 1 is 1.39 bits per heavy atom. The Kier molecular flexibility index (Phi) is 3.45. The largest absolute Gasteiger partial charge is 0.444 e. The molecule has 2 atom stereocenters. The van der Waals surface area contributed by atoms with Crippen molar-refractivity contribution in [2.45, 2.75) is 43.8 Å². The molecule has 3 heterocycles. The molecule has 1 amide bonds. The van der Waals surface area contributed by atoms with Gasteiger partial charge >= 0.3 is 0 Å². The van der Waals surface area contributed by atoms with E-state index in [-0.39, 0.29) is 18.0 Å². The quantitative estimate of drug-likeness (QED) is 0.901. The summed E-state index contributed by atoms with van der Waals surface area (Å²) in [6.07, 6.45) is 6.47. The zero-order chi connectivity index (χ0) is 16.0. The molecule has 0 spiro atoms. The third-order valence-electron chi connectivity index (χ3n) is 4.81. The van der Waals surface area contributed by atoms with Crippen LogP contribution in [0.1, 0.15) is 48.6 Å². The minimum atomic E-state index is -0.0205. The van der Waals surface area contributed by atoms with E-state index in [9.17, 15) is 4.79 Å². The maximum Gasteiger partial charge on any atom is 0.224 e. The molecule has 1 aliphatic carbocycles. The summed E-state index contributed by atoms with van der Waals surface area (Å²) in [4.78, 5) is 18.3. The highest BCUT2D eigenvalue weighted by Gasteiger charge is 2.39. The van der Waals surface area contributed by atoms with Crippen LogP contribution in [-0.4, -0.2) is 38.7 Å². The molecule has 2 fully saturated rings. The first-order valence-corrected chi connectivity index (χ1v) is 8.05. The van der Waals surface area contributed by atoms with E-state index in [2.05, 4.69) is 15.4 Å². The van der Waals surface area contributed by atoms with Crippen LogP contribution >= 0.6 is 0 Å². The minimum Gasteiger partial charge on any atom is -0.444 e. The average molecular weight is 315 g/mol. The summed E-state index contributed by atoms with van der Waals surface area (Å²) in [5.74, 6) is 2.39. The van der Waals surface area contributed by atoms with Gasteiger partial charge in [-0.15, -0.1) is 0 Å². The number of nitrogens with one attached hydrogen (secondary N) is 1. The predicted octanol–water partition coefficient (Wildman–Crippen LogP) is 1.35. The maximum absolute atomic E-state index is 12.1. The molecule has 1 saturated heterocycles. The summed E-state index contributed by atoms with van der Waals surface area (Å²) in [7, 11) is 3.75. The van der Waals surface area contributed by atoms with Gasteiger partial charge in [0, 0.05) is 38.7 Å². The van der Waals surface area contributed by atoms with E-state index >= 15 is 0 Å². The molecule has 1 N–H and O–H groups in total. The number of aromatic nitrogens is 3. The molecule has 7 heteroatoms. The second-order valence-electron chi connectivity index (χ2n) is 6.45. The Hall–Kier alpha value is -2.15. The van der Waals surface area contributed by atoms with Crippen molar-refractivity contribution in [2.24, 2.45) is 7.05 Å². The minimum absolute atomic E-state index is 0.0205. The summed E-state index contributed by atoms with van der Waals surface area (Å²) in [5.41, 5.74) is 1.03. The van der Waals surface area contributed by atoms with Crippen molar-refractivity contribution in [3.8, 4) is 0 Å². The summed E-state index contributed by atoms with van der Waals surface area (Å²) in [5, 5.41) is 7.66. The fourth-order valence-electron chi connectivity index (χ4n) is 3.31. The van der Waals surface area contributed by atoms with Gasteiger partial charge in [0.1, 0.15) is 5.76 Å². The van der Waals surface area contributed by atoms with Gasteiger partial charge in [-0.05, 0) is 18.9 Å². The molecule has 2 aromatic heterocycles. The number of carbonyl (C=O) groups excluding carboxylic acids is 1. The molecule has 0 radical (unpaired) electrons. The van der Waals surface area contributed by atoms with Crippen molar-refractivity contribution in [1.82, 2.24) is 25.0 Å². The smallest absolute Gasteiger partial charge is 0.224 e. The molecule has 4 rings (SSSR count). The first-order valence-electron chi connectivity index (χ1n) is 8.05. The van der Waals surface area contributed by atoms with Crippen LogP contribution in [0, 0.1) is 0 Å². The topological polar surface area (TPSA) is 76.2 Å². The number of likely N-dealkylation sites (N-methyl/N-ethyl adjacent to an activating group) is 1. The first-order chi connectivity index (χ1) is 11.1. The highest BCUT2D eigenvalue weighted by atomic mass is 16.4. The lowest BCUT2D eigenvalue weighted by molar-refractivity contribution is -0.127. The second kappa shape index (κ2) is 5.49. The number of carbonyl (C=O) groups is 1. The molecule has 0 unspecified atom stereocenters. The van der Waals surface area contributed by atoms with Crippen LogP contribution in [0.5, 0.6) is 0 Å². The summed E-state index contributed by atoms with van der Waals surface area (Å²) in [6.45, 7) is 0.535. The van der Waals surface area contributed by atoms with Crippen LogP contribution < -0.4 is 5.32 Å². The van der Waals surface area contributed by atoms with Crippen LogP contribution in [0.25, 0.3) is 0 Å². The summed E-state index contributed by atoms with van der Waals surface area (Å²) < 4.78 is 7.61.